The van der Waals surface area contributed by atoms with Crippen LogP contribution in [0.5, 0.6) is 0 Å². The molecule has 1 heterocycles. The highest BCUT2D eigenvalue weighted by atomic mass is 16.2. The van der Waals surface area contributed by atoms with Crippen LogP contribution in [-0.2, 0) is 13.5 Å². The van der Waals surface area contributed by atoms with Gasteiger partial charge in [-0.2, -0.15) is 0 Å². The maximum Gasteiger partial charge on any atom is 0.0480 e. The predicted octanol–water partition coefficient (Wildman–Crippen LogP) is 2.88. The molecule has 0 atom stereocenters. The van der Waals surface area contributed by atoms with Gasteiger partial charge >= 0.3 is 0 Å². The van der Waals surface area contributed by atoms with Crippen LogP contribution in [0.25, 0.3) is 10.9 Å². The molecule has 0 aliphatic heterocycles. The predicted molar refractivity (Wildman–Crippen MR) is 67.6 cm³/mol. The Morgan fingerprint density at radius 2 is 1.94 bits per heavy atom. The molecule has 0 saturated carbocycles. The quantitative estimate of drug-likeness (QED) is 0.765. The summed E-state index contributed by atoms with van der Waals surface area (Å²) in [5, 5.41) is 10.1. The maximum absolute atomic E-state index is 8.74. The Hall–Kier alpha value is -1.28. The first-order chi connectivity index (χ1) is 7.83. The highest BCUT2D eigenvalue weighted by molar-refractivity contribution is 5.83. The molecule has 1 aromatic carbocycles. The molecule has 1 N–H and O–H groups in total. The molecule has 2 nitrogen and oxygen atoms in total. The first-order valence-electron chi connectivity index (χ1n) is 5.96. The highest BCUT2D eigenvalue weighted by Crippen LogP contribution is 2.21. The normalized spacial score (nSPS) is 11.1. The molecular weight excluding hydrogens is 198 g/mol. The van der Waals surface area contributed by atoms with E-state index in [-0.39, 0.29) is 0 Å². The third-order valence-corrected chi connectivity index (χ3v) is 3.08. The van der Waals surface area contributed by atoms with Gasteiger partial charge in [0, 0.05) is 30.8 Å². The third kappa shape index (κ3) is 2.27. The van der Waals surface area contributed by atoms with E-state index in [0.717, 1.165) is 25.7 Å². The summed E-state index contributed by atoms with van der Waals surface area (Å²) in [7, 11) is 2.10. The summed E-state index contributed by atoms with van der Waals surface area (Å²) >= 11 is 0. The number of benzene rings is 1. The van der Waals surface area contributed by atoms with Gasteiger partial charge in [-0.25, -0.2) is 0 Å². The summed E-state index contributed by atoms with van der Waals surface area (Å²) in [6.45, 7) is 0.315. The number of fused-ring (bicyclic) bond motifs is 1. The fraction of sp³-hybridized carbons (Fsp3) is 0.429. The first kappa shape index (κ1) is 11.2. The second-order valence-electron chi connectivity index (χ2n) is 4.32. The van der Waals surface area contributed by atoms with Gasteiger partial charge in [-0.1, -0.05) is 24.6 Å². The van der Waals surface area contributed by atoms with E-state index >= 15 is 0 Å². The van der Waals surface area contributed by atoms with E-state index in [1.54, 1.807) is 0 Å². The van der Waals surface area contributed by atoms with E-state index in [0.29, 0.717) is 6.61 Å². The SMILES string of the molecule is Cn1cc(CCCCCO)c2ccccc21. The molecule has 0 bridgehead atoms. The lowest BCUT2D eigenvalue weighted by atomic mass is 10.1. The molecular formula is C14H19NO. The van der Waals surface area contributed by atoms with Gasteiger partial charge in [-0.05, 0) is 30.9 Å². The van der Waals surface area contributed by atoms with Gasteiger partial charge in [0.2, 0.25) is 0 Å². The Balaban J connectivity index is 2.12. The average molecular weight is 217 g/mol. The van der Waals surface area contributed by atoms with Crippen molar-refractivity contribution in [1.29, 1.82) is 0 Å². The average Bonchev–Trinajstić information content (AvgIpc) is 2.63. The molecule has 2 aromatic rings. The number of aliphatic hydroxyl groups excluding tert-OH is 1. The van der Waals surface area contributed by atoms with Crippen LogP contribution in [0.2, 0.25) is 0 Å². The third-order valence-electron chi connectivity index (χ3n) is 3.08. The van der Waals surface area contributed by atoms with Crippen LogP contribution < -0.4 is 0 Å². The van der Waals surface area contributed by atoms with E-state index in [4.69, 9.17) is 5.11 Å². The zero-order valence-electron chi connectivity index (χ0n) is 9.82. The number of aliphatic hydroxyl groups is 1. The Morgan fingerprint density at radius 3 is 2.75 bits per heavy atom. The van der Waals surface area contributed by atoms with Crippen LogP contribution >= 0.6 is 0 Å². The van der Waals surface area contributed by atoms with Crippen molar-refractivity contribution >= 4 is 10.9 Å². The number of aromatic nitrogens is 1. The topological polar surface area (TPSA) is 25.2 Å². The minimum Gasteiger partial charge on any atom is -0.396 e. The second kappa shape index (κ2) is 5.17. The van der Waals surface area contributed by atoms with Gasteiger partial charge in [-0.15, -0.1) is 0 Å². The van der Waals surface area contributed by atoms with Crippen LogP contribution in [-0.4, -0.2) is 16.3 Å². The van der Waals surface area contributed by atoms with E-state index < -0.39 is 0 Å². The van der Waals surface area contributed by atoms with Gasteiger partial charge in [0.25, 0.3) is 0 Å². The van der Waals surface area contributed by atoms with E-state index in [2.05, 4.69) is 42.1 Å². The van der Waals surface area contributed by atoms with Crippen LogP contribution in [0.4, 0.5) is 0 Å². The number of hydrogen-bond donors (Lipinski definition) is 1. The van der Waals surface area contributed by atoms with Crippen LogP contribution in [0.1, 0.15) is 24.8 Å². The van der Waals surface area contributed by atoms with Gasteiger partial charge in [0.1, 0.15) is 0 Å². The number of aryl methyl sites for hydroxylation is 2. The number of nitrogens with zero attached hydrogens (tertiary/aromatic N) is 1. The zero-order chi connectivity index (χ0) is 11.4. The molecule has 1 aromatic heterocycles. The molecule has 0 aliphatic carbocycles. The van der Waals surface area contributed by atoms with Crippen molar-refractivity contribution in [3.8, 4) is 0 Å². The van der Waals surface area contributed by atoms with Gasteiger partial charge in [0.15, 0.2) is 0 Å². The molecule has 16 heavy (non-hydrogen) atoms. The summed E-state index contributed by atoms with van der Waals surface area (Å²) in [5.74, 6) is 0. The highest BCUT2D eigenvalue weighted by Gasteiger charge is 2.04. The fourth-order valence-corrected chi connectivity index (χ4v) is 2.23. The summed E-state index contributed by atoms with van der Waals surface area (Å²) in [4.78, 5) is 0. The molecule has 2 rings (SSSR count). The monoisotopic (exact) mass is 217 g/mol. The van der Waals surface area contributed by atoms with Crippen LogP contribution in [0.3, 0.4) is 0 Å². The number of rotatable bonds is 5. The van der Waals surface area contributed by atoms with Crippen molar-refractivity contribution in [2.24, 2.45) is 7.05 Å². The van der Waals surface area contributed by atoms with Crippen LogP contribution in [0, 0.1) is 0 Å². The Labute approximate surface area is 96.5 Å². The Kier molecular flexibility index (Phi) is 3.62. The molecule has 0 aliphatic rings. The van der Waals surface area contributed by atoms with Gasteiger partial charge in [0.05, 0.1) is 0 Å². The molecule has 2 heteroatoms. The lowest BCUT2D eigenvalue weighted by molar-refractivity contribution is 0.283. The van der Waals surface area contributed by atoms with Crippen molar-refractivity contribution in [2.75, 3.05) is 6.61 Å². The Morgan fingerprint density at radius 1 is 1.12 bits per heavy atom. The molecule has 0 radical (unpaired) electrons. The first-order valence-corrected chi connectivity index (χ1v) is 5.96. The maximum atomic E-state index is 8.74. The lowest BCUT2D eigenvalue weighted by Crippen LogP contribution is -1.87. The van der Waals surface area contributed by atoms with Crippen molar-refractivity contribution in [3.63, 3.8) is 0 Å². The Bertz CT molecular complexity index is 459. The zero-order valence-corrected chi connectivity index (χ0v) is 9.82. The van der Waals surface area contributed by atoms with Crippen molar-refractivity contribution in [1.82, 2.24) is 4.57 Å². The lowest BCUT2D eigenvalue weighted by Gasteiger charge is -1.98. The van der Waals surface area contributed by atoms with Gasteiger partial charge < -0.3 is 9.67 Å². The molecule has 0 saturated heterocycles. The summed E-state index contributed by atoms with van der Waals surface area (Å²) in [5.41, 5.74) is 2.73. The van der Waals surface area contributed by atoms with Crippen molar-refractivity contribution in [3.05, 3.63) is 36.0 Å². The number of unbranched alkanes of at least 4 members (excludes halogenated alkanes) is 2. The largest absolute Gasteiger partial charge is 0.396 e. The number of hydrogen-bond acceptors (Lipinski definition) is 1. The minimum absolute atomic E-state index is 0.315. The standard InChI is InChI=1S/C14H19NO/c1-15-11-12(7-3-2-6-10-16)13-8-4-5-9-14(13)15/h4-5,8-9,11,16H,2-3,6-7,10H2,1H3. The van der Waals surface area contributed by atoms with Crippen LogP contribution in [0.15, 0.2) is 30.5 Å². The van der Waals surface area contributed by atoms with Gasteiger partial charge in [-0.3, -0.25) is 0 Å². The summed E-state index contributed by atoms with van der Waals surface area (Å²) < 4.78 is 2.19. The van der Waals surface area contributed by atoms with E-state index in [1.165, 1.54) is 16.5 Å². The molecule has 0 amide bonds. The minimum atomic E-state index is 0.315. The number of para-hydroxylation sites is 1. The van der Waals surface area contributed by atoms with E-state index in [9.17, 15) is 0 Å². The fourth-order valence-electron chi connectivity index (χ4n) is 2.23. The van der Waals surface area contributed by atoms with E-state index in [1.807, 2.05) is 0 Å². The smallest absolute Gasteiger partial charge is 0.0480 e. The van der Waals surface area contributed by atoms with Crippen molar-refractivity contribution in [2.45, 2.75) is 25.7 Å². The molecule has 0 unspecified atom stereocenters. The van der Waals surface area contributed by atoms with Crippen molar-refractivity contribution < 1.29 is 5.11 Å². The molecule has 86 valence electrons. The summed E-state index contributed by atoms with van der Waals surface area (Å²) in [6.07, 6.45) is 6.53. The summed E-state index contributed by atoms with van der Waals surface area (Å²) in [6, 6.07) is 8.53. The second-order valence-corrected chi connectivity index (χ2v) is 4.32. The molecule has 0 fully saturated rings. The molecule has 0 spiro atoms.